The van der Waals surface area contributed by atoms with E-state index in [2.05, 4.69) is 14.8 Å². The number of nitrogens with zero attached hydrogens (tertiary/aromatic N) is 2. The normalized spacial score (nSPS) is 11.1. The molecule has 1 aromatic carbocycles. The van der Waals surface area contributed by atoms with E-state index in [0.717, 1.165) is 35.7 Å². The van der Waals surface area contributed by atoms with Crippen molar-refractivity contribution in [3.63, 3.8) is 0 Å². The van der Waals surface area contributed by atoms with Crippen LogP contribution in [0.3, 0.4) is 0 Å². The molecule has 1 amide bonds. The molecule has 1 N–H and O–H groups in total. The molecule has 0 atom stereocenters. The molecule has 0 aliphatic heterocycles. The molecule has 0 aliphatic carbocycles. The number of anilines is 1. The monoisotopic (exact) mass is 333 g/mol. The summed E-state index contributed by atoms with van der Waals surface area (Å²) in [6.45, 7) is 7.73. The first-order valence-corrected chi connectivity index (χ1v) is 8.07. The number of likely N-dealkylation sites (N-methyl/N-ethyl adjacent to an activating group) is 1. The second-order valence-corrected chi connectivity index (χ2v) is 6.51. The fourth-order valence-electron chi connectivity index (χ4n) is 2.61. The van der Waals surface area contributed by atoms with Gasteiger partial charge in [-0.2, -0.15) is 0 Å². The molecule has 23 heavy (non-hydrogen) atoms. The number of nitrogens with one attached hydrogen (secondary N) is 1. The Balaban J connectivity index is 2.23. The van der Waals surface area contributed by atoms with Gasteiger partial charge in [0.25, 0.3) is 5.91 Å². The summed E-state index contributed by atoms with van der Waals surface area (Å²) in [6, 6.07) is 7.47. The Kier molecular flexibility index (Phi) is 5.50. The van der Waals surface area contributed by atoms with Crippen molar-refractivity contribution in [2.75, 3.05) is 26.0 Å². The SMILES string of the molecule is Cc1c(Cl)cccc1NC(=O)c1cc(C)n(CCN(C)C)c1C. The molecule has 4 nitrogen and oxygen atoms in total. The molecule has 0 saturated carbocycles. The standard InChI is InChI=1S/C18H24ClN3O/c1-12-11-15(14(3)22(12)10-9-21(4)5)18(23)20-17-8-6-7-16(19)13(17)2/h6-8,11H,9-10H2,1-5H3,(H,20,23). The van der Waals surface area contributed by atoms with Crippen molar-refractivity contribution >= 4 is 23.2 Å². The molecular weight excluding hydrogens is 310 g/mol. The third-order valence-electron chi connectivity index (χ3n) is 4.10. The van der Waals surface area contributed by atoms with Crippen molar-refractivity contribution < 1.29 is 4.79 Å². The largest absolute Gasteiger partial charge is 0.347 e. The summed E-state index contributed by atoms with van der Waals surface area (Å²) in [5, 5.41) is 3.62. The van der Waals surface area contributed by atoms with E-state index in [9.17, 15) is 4.79 Å². The highest BCUT2D eigenvalue weighted by molar-refractivity contribution is 6.31. The van der Waals surface area contributed by atoms with Gasteiger partial charge in [0.1, 0.15) is 0 Å². The Morgan fingerprint density at radius 2 is 1.96 bits per heavy atom. The quantitative estimate of drug-likeness (QED) is 0.901. The van der Waals surface area contributed by atoms with E-state index in [-0.39, 0.29) is 5.91 Å². The van der Waals surface area contributed by atoms with Gasteiger partial charge in [-0.25, -0.2) is 0 Å². The summed E-state index contributed by atoms with van der Waals surface area (Å²) in [5.41, 5.74) is 4.42. The lowest BCUT2D eigenvalue weighted by atomic mass is 10.1. The minimum Gasteiger partial charge on any atom is -0.347 e. The van der Waals surface area contributed by atoms with Crippen LogP contribution in [0.15, 0.2) is 24.3 Å². The average Bonchev–Trinajstić information content (AvgIpc) is 2.76. The van der Waals surface area contributed by atoms with Gasteiger partial charge in [0.2, 0.25) is 0 Å². The lowest BCUT2D eigenvalue weighted by molar-refractivity contribution is 0.102. The fourth-order valence-corrected chi connectivity index (χ4v) is 2.78. The summed E-state index contributed by atoms with van der Waals surface area (Å²) in [7, 11) is 4.09. The van der Waals surface area contributed by atoms with Gasteiger partial charge in [-0.15, -0.1) is 0 Å². The van der Waals surface area contributed by atoms with Crippen molar-refractivity contribution in [2.45, 2.75) is 27.3 Å². The van der Waals surface area contributed by atoms with Crippen molar-refractivity contribution in [3.05, 3.63) is 51.8 Å². The van der Waals surface area contributed by atoms with E-state index in [4.69, 9.17) is 11.6 Å². The average molecular weight is 334 g/mol. The molecule has 0 unspecified atom stereocenters. The third-order valence-corrected chi connectivity index (χ3v) is 4.51. The summed E-state index contributed by atoms with van der Waals surface area (Å²) in [5.74, 6) is -0.0976. The molecular formula is C18H24ClN3O. The Morgan fingerprint density at radius 1 is 1.26 bits per heavy atom. The number of aryl methyl sites for hydroxylation is 1. The van der Waals surface area contributed by atoms with Crippen LogP contribution in [0.5, 0.6) is 0 Å². The lowest BCUT2D eigenvalue weighted by Gasteiger charge is -2.14. The molecule has 0 saturated heterocycles. The van der Waals surface area contributed by atoms with Gasteiger partial charge in [-0.1, -0.05) is 17.7 Å². The number of benzene rings is 1. The molecule has 0 fully saturated rings. The lowest BCUT2D eigenvalue weighted by Crippen LogP contribution is -2.20. The minimum absolute atomic E-state index is 0.0976. The van der Waals surface area contributed by atoms with Crippen molar-refractivity contribution in [3.8, 4) is 0 Å². The van der Waals surface area contributed by atoms with Crippen LogP contribution in [0.1, 0.15) is 27.3 Å². The van der Waals surface area contributed by atoms with Gasteiger partial charge in [0.05, 0.1) is 5.56 Å². The molecule has 2 aromatic rings. The molecule has 0 spiro atoms. The Bertz CT molecular complexity index is 719. The fraction of sp³-hybridized carbons (Fsp3) is 0.389. The maximum Gasteiger partial charge on any atom is 0.257 e. The highest BCUT2D eigenvalue weighted by atomic mass is 35.5. The molecule has 124 valence electrons. The zero-order valence-electron chi connectivity index (χ0n) is 14.4. The van der Waals surface area contributed by atoms with Crippen LogP contribution >= 0.6 is 11.6 Å². The van der Waals surface area contributed by atoms with Crippen LogP contribution in [0.25, 0.3) is 0 Å². The minimum atomic E-state index is -0.0976. The molecule has 0 radical (unpaired) electrons. The van der Waals surface area contributed by atoms with E-state index in [1.165, 1.54) is 0 Å². The molecule has 2 rings (SSSR count). The summed E-state index contributed by atoms with van der Waals surface area (Å²) >= 11 is 6.11. The summed E-state index contributed by atoms with van der Waals surface area (Å²) in [4.78, 5) is 14.8. The molecule has 1 aromatic heterocycles. The second kappa shape index (κ2) is 7.20. The van der Waals surface area contributed by atoms with E-state index in [1.807, 2.05) is 59.1 Å². The predicted molar refractivity (Wildman–Crippen MR) is 96.6 cm³/mol. The van der Waals surface area contributed by atoms with Crippen LogP contribution in [0, 0.1) is 20.8 Å². The van der Waals surface area contributed by atoms with Gasteiger partial charge in [0, 0.05) is 35.2 Å². The van der Waals surface area contributed by atoms with Gasteiger partial charge in [-0.3, -0.25) is 4.79 Å². The predicted octanol–water partition coefficient (Wildman–Crippen LogP) is 3.88. The van der Waals surface area contributed by atoms with E-state index in [1.54, 1.807) is 0 Å². The molecule has 0 aliphatic rings. The number of amides is 1. The maximum atomic E-state index is 12.6. The Morgan fingerprint density at radius 3 is 2.61 bits per heavy atom. The van der Waals surface area contributed by atoms with E-state index in [0.29, 0.717) is 10.6 Å². The number of carbonyl (C=O) groups is 1. The van der Waals surface area contributed by atoms with E-state index < -0.39 is 0 Å². The van der Waals surface area contributed by atoms with Gasteiger partial charge in [-0.05, 0) is 58.6 Å². The Labute approximate surface area is 143 Å². The topological polar surface area (TPSA) is 37.3 Å². The van der Waals surface area contributed by atoms with Crippen LogP contribution in [-0.2, 0) is 6.54 Å². The van der Waals surface area contributed by atoms with E-state index >= 15 is 0 Å². The van der Waals surface area contributed by atoms with Crippen molar-refractivity contribution in [1.82, 2.24) is 9.47 Å². The number of aromatic nitrogens is 1. The second-order valence-electron chi connectivity index (χ2n) is 6.11. The third kappa shape index (κ3) is 3.95. The maximum absolute atomic E-state index is 12.6. The molecule has 5 heteroatoms. The number of halogens is 1. The molecule has 1 heterocycles. The smallest absolute Gasteiger partial charge is 0.257 e. The number of carbonyl (C=O) groups excluding carboxylic acids is 1. The number of hydrogen-bond donors (Lipinski definition) is 1. The summed E-state index contributed by atoms with van der Waals surface area (Å²) in [6.07, 6.45) is 0. The number of hydrogen-bond acceptors (Lipinski definition) is 2. The van der Waals surface area contributed by atoms with Gasteiger partial charge < -0.3 is 14.8 Å². The van der Waals surface area contributed by atoms with Crippen LogP contribution in [0.4, 0.5) is 5.69 Å². The summed E-state index contributed by atoms with van der Waals surface area (Å²) < 4.78 is 2.18. The molecule has 0 bridgehead atoms. The zero-order valence-corrected chi connectivity index (χ0v) is 15.2. The highest BCUT2D eigenvalue weighted by Gasteiger charge is 2.16. The number of rotatable bonds is 5. The first-order valence-electron chi connectivity index (χ1n) is 7.69. The first kappa shape index (κ1) is 17.6. The first-order chi connectivity index (χ1) is 10.8. The Hall–Kier alpha value is -1.78. The highest BCUT2D eigenvalue weighted by Crippen LogP contribution is 2.24. The van der Waals surface area contributed by atoms with Crippen LogP contribution in [0.2, 0.25) is 5.02 Å². The zero-order chi connectivity index (χ0) is 17.1. The van der Waals surface area contributed by atoms with Crippen LogP contribution in [-0.4, -0.2) is 36.0 Å². The van der Waals surface area contributed by atoms with Crippen molar-refractivity contribution in [2.24, 2.45) is 0 Å². The van der Waals surface area contributed by atoms with Crippen LogP contribution < -0.4 is 5.32 Å². The van der Waals surface area contributed by atoms with Gasteiger partial charge >= 0.3 is 0 Å². The van der Waals surface area contributed by atoms with Crippen molar-refractivity contribution in [1.29, 1.82) is 0 Å². The van der Waals surface area contributed by atoms with Gasteiger partial charge in [0.15, 0.2) is 0 Å².